The second-order valence-electron chi connectivity index (χ2n) is 4.88. The van der Waals surface area contributed by atoms with Crippen LogP contribution in [0, 0.1) is 15.9 Å². The SMILES string of the molecule is CCCCCC.O=[N+]([O-])c1ccc(-c2cccc(F)c2)nc1. The lowest BCUT2D eigenvalue weighted by molar-refractivity contribution is -0.385. The number of hydrogen-bond donors (Lipinski definition) is 0. The molecule has 0 atom stereocenters. The lowest BCUT2D eigenvalue weighted by Gasteiger charge is -1.99. The number of nitrogens with zero attached hydrogens (tertiary/aromatic N) is 2. The van der Waals surface area contributed by atoms with Gasteiger partial charge in [0.15, 0.2) is 0 Å². The van der Waals surface area contributed by atoms with Gasteiger partial charge >= 0.3 is 0 Å². The van der Waals surface area contributed by atoms with Gasteiger partial charge in [-0.05, 0) is 18.2 Å². The summed E-state index contributed by atoms with van der Waals surface area (Å²) in [4.78, 5) is 13.8. The minimum atomic E-state index is -0.525. The fourth-order valence-electron chi connectivity index (χ4n) is 1.81. The van der Waals surface area contributed by atoms with Crippen LogP contribution in [0.1, 0.15) is 39.5 Å². The molecule has 0 saturated carbocycles. The van der Waals surface area contributed by atoms with Crippen LogP contribution < -0.4 is 0 Å². The predicted octanol–water partition coefficient (Wildman–Crippen LogP) is 5.38. The van der Waals surface area contributed by atoms with Crippen LogP contribution in [-0.2, 0) is 0 Å². The molecule has 1 aromatic carbocycles. The van der Waals surface area contributed by atoms with Crippen molar-refractivity contribution in [3.05, 3.63) is 58.5 Å². The van der Waals surface area contributed by atoms with Gasteiger partial charge in [0.2, 0.25) is 0 Å². The van der Waals surface area contributed by atoms with Crippen LogP contribution >= 0.6 is 0 Å². The van der Waals surface area contributed by atoms with Gasteiger partial charge < -0.3 is 0 Å². The maximum atomic E-state index is 12.9. The van der Waals surface area contributed by atoms with Crippen LogP contribution in [0.5, 0.6) is 0 Å². The lowest BCUT2D eigenvalue weighted by Crippen LogP contribution is -1.90. The van der Waals surface area contributed by atoms with Crippen LogP contribution in [0.2, 0.25) is 0 Å². The Morgan fingerprint density at radius 3 is 2.27 bits per heavy atom. The van der Waals surface area contributed by atoms with Gasteiger partial charge in [-0.3, -0.25) is 10.1 Å². The van der Waals surface area contributed by atoms with E-state index in [-0.39, 0.29) is 11.5 Å². The molecule has 5 heteroatoms. The van der Waals surface area contributed by atoms with Crippen LogP contribution in [0.25, 0.3) is 11.3 Å². The highest BCUT2D eigenvalue weighted by molar-refractivity contribution is 5.59. The van der Waals surface area contributed by atoms with E-state index in [0.717, 1.165) is 6.20 Å². The van der Waals surface area contributed by atoms with Crippen molar-refractivity contribution in [3.63, 3.8) is 0 Å². The number of hydrogen-bond acceptors (Lipinski definition) is 3. The Labute approximate surface area is 130 Å². The summed E-state index contributed by atoms with van der Waals surface area (Å²) in [7, 11) is 0. The Bertz CT molecular complexity index is 581. The van der Waals surface area contributed by atoms with Gasteiger partial charge in [0, 0.05) is 11.6 Å². The van der Waals surface area contributed by atoms with E-state index in [2.05, 4.69) is 18.8 Å². The molecule has 118 valence electrons. The van der Waals surface area contributed by atoms with E-state index in [9.17, 15) is 14.5 Å². The van der Waals surface area contributed by atoms with Crippen LogP contribution in [0.4, 0.5) is 10.1 Å². The van der Waals surface area contributed by atoms with Gasteiger partial charge in [0.25, 0.3) is 5.69 Å². The van der Waals surface area contributed by atoms with Gasteiger partial charge in [-0.1, -0.05) is 51.7 Å². The molecule has 0 saturated heterocycles. The third-order valence-electron chi connectivity index (χ3n) is 3.04. The fourth-order valence-corrected chi connectivity index (χ4v) is 1.81. The molecule has 0 bridgehead atoms. The molecular weight excluding hydrogens is 283 g/mol. The summed E-state index contributed by atoms with van der Waals surface area (Å²) < 4.78 is 12.9. The second-order valence-corrected chi connectivity index (χ2v) is 4.88. The number of nitro groups is 1. The molecule has 0 aliphatic carbocycles. The maximum absolute atomic E-state index is 12.9. The van der Waals surface area contributed by atoms with Crippen molar-refractivity contribution in [1.82, 2.24) is 4.98 Å². The summed E-state index contributed by atoms with van der Waals surface area (Å²) in [5.41, 5.74) is 1.01. The summed E-state index contributed by atoms with van der Waals surface area (Å²) in [5, 5.41) is 10.4. The fraction of sp³-hybridized carbons (Fsp3) is 0.353. The molecule has 0 radical (unpaired) electrons. The Morgan fingerprint density at radius 2 is 1.82 bits per heavy atom. The van der Waals surface area contributed by atoms with Crippen LogP contribution in [0.3, 0.4) is 0 Å². The average Bonchev–Trinajstić information content (AvgIpc) is 2.53. The molecule has 0 unspecified atom stereocenters. The van der Waals surface area contributed by atoms with Crippen LogP contribution in [0.15, 0.2) is 42.6 Å². The van der Waals surface area contributed by atoms with E-state index in [1.165, 1.54) is 49.9 Å². The molecule has 0 amide bonds. The van der Waals surface area contributed by atoms with E-state index >= 15 is 0 Å². The lowest BCUT2D eigenvalue weighted by atomic mass is 10.1. The Morgan fingerprint density at radius 1 is 1.14 bits per heavy atom. The Hall–Kier alpha value is -2.30. The zero-order chi connectivity index (χ0) is 16.4. The van der Waals surface area contributed by atoms with E-state index in [0.29, 0.717) is 11.3 Å². The molecule has 22 heavy (non-hydrogen) atoms. The quantitative estimate of drug-likeness (QED) is 0.423. The highest BCUT2D eigenvalue weighted by Gasteiger charge is 2.06. The number of halogens is 1. The summed E-state index contributed by atoms with van der Waals surface area (Å²) in [6.45, 7) is 4.46. The summed E-state index contributed by atoms with van der Waals surface area (Å²) in [5.74, 6) is -0.363. The first-order valence-corrected chi connectivity index (χ1v) is 7.44. The van der Waals surface area contributed by atoms with Crippen molar-refractivity contribution in [2.75, 3.05) is 0 Å². The van der Waals surface area contributed by atoms with E-state index in [1.54, 1.807) is 12.1 Å². The highest BCUT2D eigenvalue weighted by Crippen LogP contribution is 2.19. The number of rotatable bonds is 5. The summed E-state index contributed by atoms with van der Waals surface area (Å²) in [6, 6.07) is 8.74. The van der Waals surface area contributed by atoms with Crippen molar-refractivity contribution in [2.24, 2.45) is 0 Å². The molecule has 0 N–H and O–H groups in total. The molecule has 0 fully saturated rings. The minimum Gasteiger partial charge on any atom is -0.258 e. The molecule has 2 rings (SSSR count). The molecule has 1 aromatic heterocycles. The molecule has 0 spiro atoms. The van der Waals surface area contributed by atoms with Crippen molar-refractivity contribution in [1.29, 1.82) is 0 Å². The van der Waals surface area contributed by atoms with Gasteiger partial charge in [-0.2, -0.15) is 0 Å². The largest absolute Gasteiger partial charge is 0.287 e. The van der Waals surface area contributed by atoms with E-state index in [1.807, 2.05) is 0 Å². The Kier molecular flexibility index (Phi) is 7.75. The van der Waals surface area contributed by atoms with Crippen molar-refractivity contribution < 1.29 is 9.31 Å². The number of benzene rings is 1. The van der Waals surface area contributed by atoms with Gasteiger partial charge in [0.1, 0.15) is 12.0 Å². The van der Waals surface area contributed by atoms with Gasteiger partial charge in [0.05, 0.1) is 10.6 Å². The summed E-state index contributed by atoms with van der Waals surface area (Å²) in [6.07, 6.45) is 6.69. The standard InChI is InChI=1S/C11H7FN2O2.C6H14/c12-9-3-1-2-8(6-9)11-5-4-10(7-13-11)14(15)16;1-3-5-6-4-2/h1-7H;3-6H2,1-2H3. The molecular formula is C17H21FN2O2. The third kappa shape index (κ3) is 5.99. The van der Waals surface area contributed by atoms with Crippen molar-refractivity contribution >= 4 is 5.69 Å². The second kappa shape index (κ2) is 9.60. The normalized spacial score (nSPS) is 9.77. The van der Waals surface area contributed by atoms with Crippen LogP contribution in [-0.4, -0.2) is 9.91 Å². The van der Waals surface area contributed by atoms with Crippen molar-refractivity contribution in [3.8, 4) is 11.3 Å². The topological polar surface area (TPSA) is 56.0 Å². The van der Waals surface area contributed by atoms with E-state index in [4.69, 9.17) is 0 Å². The highest BCUT2D eigenvalue weighted by atomic mass is 19.1. The monoisotopic (exact) mass is 304 g/mol. The zero-order valence-corrected chi connectivity index (χ0v) is 13.0. The number of unbranched alkanes of at least 4 members (excludes halogenated alkanes) is 3. The zero-order valence-electron chi connectivity index (χ0n) is 13.0. The average molecular weight is 304 g/mol. The molecule has 2 aromatic rings. The molecule has 0 aliphatic heterocycles. The van der Waals surface area contributed by atoms with E-state index < -0.39 is 4.92 Å². The number of pyridine rings is 1. The van der Waals surface area contributed by atoms with Crippen molar-refractivity contribution in [2.45, 2.75) is 39.5 Å². The molecule has 1 heterocycles. The first-order chi connectivity index (χ1) is 10.6. The summed E-state index contributed by atoms with van der Waals surface area (Å²) >= 11 is 0. The third-order valence-corrected chi connectivity index (χ3v) is 3.04. The Balaban J connectivity index is 0.000000346. The van der Waals surface area contributed by atoms with Gasteiger partial charge in [-0.25, -0.2) is 9.37 Å². The minimum absolute atomic E-state index is 0.0832. The number of aromatic nitrogens is 1. The first kappa shape index (κ1) is 17.8. The molecule has 0 aliphatic rings. The first-order valence-electron chi connectivity index (χ1n) is 7.44. The predicted molar refractivity (Wildman–Crippen MR) is 86.1 cm³/mol. The molecule has 4 nitrogen and oxygen atoms in total. The maximum Gasteiger partial charge on any atom is 0.287 e. The van der Waals surface area contributed by atoms with Gasteiger partial charge in [-0.15, -0.1) is 0 Å². The smallest absolute Gasteiger partial charge is 0.258 e.